The molecule has 1 unspecified atom stereocenters. The summed E-state index contributed by atoms with van der Waals surface area (Å²) in [7, 11) is 0. The van der Waals surface area contributed by atoms with E-state index in [1.807, 2.05) is 60.9 Å². The van der Waals surface area contributed by atoms with Gasteiger partial charge in [-0.2, -0.15) is 11.8 Å². The minimum absolute atomic E-state index is 0.0284. The van der Waals surface area contributed by atoms with Crippen LogP contribution in [-0.2, 0) is 58.3 Å². The van der Waals surface area contributed by atoms with Crippen LogP contribution in [0.5, 0.6) is 5.75 Å². The minimum Gasteiger partial charge on any atom is -0.508 e. The lowest BCUT2D eigenvalue weighted by molar-refractivity contribution is -0.149. The number of nitrogens with one attached hydrogen (secondary N) is 5. The van der Waals surface area contributed by atoms with E-state index in [-0.39, 0.29) is 30.6 Å². The lowest BCUT2D eigenvalue weighted by atomic mass is 9.86. The topological polar surface area (TPSA) is 201 Å². The molecule has 0 saturated heterocycles. The highest BCUT2D eigenvalue weighted by molar-refractivity contribution is 7.98. The summed E-state index contributed by atoms with van der Waals surface area (Å²) in [5, 5.41) is 22.5. The third kappa shape index (κ3) is 17.3. The number of aromatic hydroxyl groups is 1. The van der Waals surface area contributed by atoms with Crippen molar-refractivity contribution >= 4 is 47.5 Å². The number of carbonyl (C=O) groups excluding carboxylic acids is 6. The number of carbonyl (C=O) groups is 6. The minimum atomic E-state index is -1.14. The highest BCUT2D eigenvalue weighted by Gasteiger charge is 2.29. The van der Waals surface area contributed by atoms with Gasteiger partial charge in [-0.05, 0) is 79.0 Å². The molecule has 3 aromatic carbocycles. The largest absolute Gasteiger partial charge is 0.508 e. The van der Waals surface area contributed by atoms with Gasteiger partial charge in [-0.15, -0.1) is 0 Å². The van der Waals surface area contributed by atoms with Crippen LogP contribution in [-0.4, -0.2) is 89.6 Å². The Balaban J connectivity index is 1.67. The molecule has 314 valence electrons. The number of phenols is 1. The summed E-state index contributed by atoms with van der Waals surface area (Å²) in [6.45, 7) is 10.3. The molecule has 3 atom stereocenters. The van der Waals surface area contributed by atoms with E-state index >= 15 is 0 Å². The van der Waals surface area contributed by atoms with Crippen LogP contribution < -0.4 is 26.6 Å². The number of rotatable bonds is 19. The van der Waals surface area contributed by atoms with Crippen molar-refractivity contribution < 1.29 is 43.3 Å². The number of alkyl carbamates (subject to hydrolysis) is 1. The summed E-state index contributed by atoms with van der Waals surface area (Å²) in [6, 6.07) is 19.7. The van der Waals surface area contributed by atoms with E-state index in [9.17, 15) is 33.9 Å². The third-order valence-corrected chi connectivity index (χ3v) is 9.24. The lowest BCUT2D eigenvalue weighted by Gasteiger charge is -2.24. The van der Waals surface area contributed by atoms with Crippen molar-refractivity contribution in [1.29, 1.82) is 0 Å². The highest BCUT2D eigenvalue weighted by atomic mass is 32.2. The molecule has 0 aliphatic heterocycles. The number of hydrogen-bond acceptors (Lipinski definition) is 10. The molecule has 6 N–H and O–H groups in total. The maximum atomic E-state index is 13.8. The van der Waals surface area contributed by atoms with Crippen molar-refractivity contribution in [2.75, 3.05) is 25.1 Å². The van der Waals surface area contributed by atoms with Gasteiger partial charge in [-0.1, -0.05) is 87.5 Å². The standard InChI is InChI=1S/C43H57N5O9S/c1-42(2,3)31-17-13-28(14-18-31)24-35(39(53)47-33(21-22-58-7)40(54)56-27-30-11-9-8-10-12-30)46-37(51)26-44-36(50)25-45-38(52)34(48-41(55)57-43(4,5)6)23-29-15-19-32(49)20-16-29/h8-20,33-35,49H,21-27H2,1-7H3,(H,44,50)(H,45,52)(H,46,51)(H,47,53)(H,48,55)/t33-,34-,35?/m0/s1. The van der Waals surface area contributed by atoms with Crippen LogP contribution in [0.3, 0.4) is 0 Å². The molecule has 15 heteroatoms. The molecule has 0 aliphatic rings. The Morgan fingerprint density at radius 1 is 0.655 bits per heavy atom. The zero-order valence-corrected chi connectivity index (χ0v) is 35.1. The molecule has 3 rings (SSSR count). The fourth-order valence-electron chi connectivity index (χ4n) is 5.48. The first-order chi connectivity index (χ1) is 27.3. The van der Waals surface area contributed by atoms with Crippen LogP contribution in [0.15, 0.2) is 78.9 Å². The second kappa shape index (κ2) is 22.4. The van der Waals surface area contributed by atoms with Gasteiger partial charge in [0.05, 0.1) is 13.1 Å². The van der Waals surface area contributed by atoms with Gasteiger partial charge in [-0.25, -0.2) is 9.59 Å². The molecule has 0 spiro atoms. The second-order valence-electron chi connectivity index (χ2n) is 15.8. The van der Waals surface area contributed by atoms with Crippen LogP contribution in [0.1, 0.15) is 70.2 Å². The Bertz CT molecular complexity index is 1830. The maximum absolute atomic E-state index is 13.8. The summed E-state index contributed by atoms with van der Waals surface area (Å²) in [5.41, 5.74) is 2.33. The number of esters is 1. The zero-order chi connectivity index (χ0) is 42.9. The van der Waals surface area contributed by atoms with Crippen LogP contribution in [0.2, 0.25) is 0 Å². The van der Waals surface area contributed by atoms with Crippen molar-refractivity contribution in [3.63, 3.8) is 0 Å². The fourth-order valence-corrected chi connectivity index (χ4v) is 5.95. The molecule has 58 heavy (non-hydrogen) atoms. The maximum Gasteiger partial charge on any atom is 0.408 e. The first-order valence-electron chi connectivity index (χ1n) is 19.0. The Labute approximate surface area is 345 Å². The van der Waals surface area contributed by atoms with E-state index < -0.39 is 72.5 Å². The van der Waals surface area contributed by atoms with Crippen molar-refractivity contribution in [3.05, 3.63) is 101 Å². The summed E-state index contributed by atoms with van der Waals surface area (Å²) >= 11 is 1.51. The average molecular weight is 820 g/mol. The number of hydrogen-bond donors (Lipinski definition) is 6. The fraction of sp³-hybridized carbons (Fsp3) is 0.442. The number of phenolic OH excluding ortho intramolecular Hbond substituents is 1. The van der Waals surface area contributed by atoms with Gasteiger partial charge in [0.2, 0.25) is 23.6 Å². The quantitative estimate of drug-likeness (QED) is 0.0959. The van der Waals surface area contributed by atoms with Crippen LogP contribution in [0, 0.1) is 0 Å². The predicted octanol–water partition coefficient (Wildman–Crippen LogP) is 4.07. The molecule has 3 aromatic rings. The number of amides is 5. The SMILES string of the molecule is CSCC[C@H](NC(=O)C(Cc1ccc(C(C)(C)C)cc1)NC(=O)CNC(=O)CNC(=O)[C@H](Cc1ccc(O)cc1)NC(=O)OC(C)(C)C)C(=O)OCc1ccccc1. The van der Waals surface area contributed by atoms with E-state index in [2.05, 4.69) is 47.4 Å². The van der Waals surface area contributed by atoms with E-state index in [1.165, 1.54) is 23.9 Å². The van der Waals surface area contributed by atoms with Gasteiger partial charge in [0.1, 0.15) is 36.1 Å². The molecule has 5 amide bonds. The van der Waals surface area contributed by atoms with Gasteiger partial charge in [0, 0.05) is 12.8 Å². The smallest absolute Gasteiger partial charge is 0.408 e. The van der Waals surface area contributed by atoms with Crippen molar-refractivity contribution in [3.8, 4) is 5.75 Å². The Morgan fingerprint density at radius 2 is 1.22 bits per heavy atom. The number of benzene rings is 3. The monoisotopic (exact) mass is 819 g/mol. The molecule has 0 radical (unpaired) electrons. The van der Waals surface area contributed by atoms with Crippen LogP contribution in [0.25, 0.3) is 0 Å². The Hall–Kier alpha value is -5.57. The van der Waals surface area contributed by atoms with Gasteiger partial charge in [0.25, 0.3) is 0 Å². The molecule has 0 aromatic heterocycles. The molecule has 14 nitrogen and oxygen atoms in total. The van der Waals surface area contributed by atoms with E-state index in [0.29, 0.717) is 17.7 Å². The molecular formula is C43H57N5O9S. The van der Waals surface area contributed by atoms with Crippen molar-refractivity contribution in [1.82, 2.24) is 26.6 Å². The number of ether oxygens (including phenoxy) is 2. The first-order valence-corrected chi connectivity index (χ1v) is 20.4. The Morgan fingerprint density at radius 3 is 1.79 bits per heavy atom. The van der Waals surface area contributed by atoms with E-state index in [4.69, 9.17) is 9.47 Å². The molecule has 0 fully saturated rings. The van der Waals surface area contributed by atoms with E-state index in [0.717, 1.165) is 16.7 Å². The predicted molar refractivity (Wildman–Crippen MR) is 223 cm³/mol. The average Bonchev–Trinajstić information content (AvgIpc) is 3.16. The van der Waals surface area contributed by atoms with Gasteiger partial charge in [0.15, 0.2) is 0 Å². The summed E-state index contributed by atoms with van der Waals surface area (Å²) in [6.07, 6.45) is 1.46. The number of thioether (sulfide) groups is 1. The van der Waals surface area contributed by atoms with Crippen molar-refractivity contribution in [2.45, 2.75) is 96.6 Å². The van der Waals surface area contributed by atoms with Gasteiger partial charge in [-0.3, -0.25) is 19.2 Å². The summed E-state index contributed by atoms with van der Waals surface area (Å²) in [4.78, 5) is 78.7. The third-order valence-electron chi connectivity index (χ3n) is 8.60. The molecule has 0 aliphatic carbocycles. The first kappa shape index (κ1) is 46.8. The summed E-state index contributed by atoms with van der Waals surface area (Å²) in [5.74, 6) is -2.70. The summed E-state index contributed by atoms with van der Waals surface area (Å²) < 4.78 is 10.8. The molecular weight excluding hydrogens is 763 g/mol. The second-order valence-corrected chi connectivity index (χ2v) is 16.8. The molecule has 0 heterocycles. The molecule has 0 saturated carbocycles. The molecule has 0 bridgehead atoms. The normalized spacial score (nSPS) is 12.9. The van der Waals surface area contributed by atoms with Crippen LogP contribution >= 0.6 is 11.8 Å². The highest BCUT2D eigenvalue weighted by Crippen LogP contribution is 2.22. The lowest BCUT2D eigenvalue weighted by Crippen LogP contribution is -2.54. The Kier molecular flexibility index (Phi) is 18.1. The van der Waals surface area contributed by atoms with Gasteiger partial charge >= 0.3 is 12.1 Å². The zero-order valence-electron chi connectivity index (χ0n) is 34.3. The van der Waals surface area contributed by atoms with E-state index in [1.54, 1.807) is 32.9 Å². The van der Waals surface area contributed by atoms with Crippen LogP contribution in [0.4, 0.5) is 4.79 Å². The van der Waals surface area contributed by atoms with Crippen molar-refractivity contribution in [2.24, 2.45) is 0 Å². The van der Waals surface area contributed by atoms with Gasteiger partial charge < -0.3 is 41.2 Å².